The summed E-state index contributed by atoms with van der Waals surface area (Å²) in [6.07, 6.45) is 0. The van der Waals surface area contributed by atoms with E-state index in [4.69, 9.17) is 9.47 Å². The van der Waals surface area contributed by atoms with Gasteiger partial charge < -0.3 is 14.8 Å². The quantitative estimate of drug-likeness (QED) is 0.631. The molecule has 0 saturated heterocycles. The van der Waals surface area contributed by atoms with Crippen LogP contribution in [0.2, 0.25) is 0 Å². The van der Waals surface area contributed by atoms with Crippen LogP contribution in [0.15, 0.2) is 65.5 Å². The summed E-state index contributed by atoms with van der Waals surface area (Å²) in [6, 6.07) is 15.8. The Bertz CT molecular complexity index is 1030. The van der Waals surface area contributed by atoms with Crippen molar-refractivity contribution in [2.75, 3.05) is 20.3 Å². The molecule has 1 N–H and O–H groups in total. The van der Waals surface area contributed by atoms with Gasteiger partial charge in [-0.15, -0.1) is 0 Å². The summed E-state index contributed by atoms with van der Waals surface area (Å²) in [5, 5.41) is 6.95. The van der Waals surface area contributed by atoms with E-state index in [2.05, 4.69) is 10.4 Å². The molecule has 150 valence electrons. The summed E-state index contributed by atoms with van der Waals surface area (Å²) in [7, 11) is 1.52. The molecule has 0 bridgehead atoms. The van der Waals surface area contributed by atoms with Crippen molar-refractivity contribution in [3.05, 3.63) is 76.8 Å². The highest BCUT2D eigenvalue weighted by atomic mass is 19.1. The SMILES string of the molecule is COc1ccccc1OCC(=O)NCCn1nc(-c2ccc(F)cc2)ccc1=O. The van der Waals surface area contributed by atoms with Crippen molar-refractivity contribution >= 4 is 5.91 Å². The molecule has 0 atom stereocenters. The number of para-hydroxylation sites is 2. The molecule has 0 spiro atoms. The molecule has 0 saturated carbocycles. The number of benzene rings is 2. The predicted molar refractivity (Wildman–Crippen MR) is 105 cm³/mol. The Balaban J connectivity index is 1.54. The Morgan fingerprint density at radius 3 is 2.52 bits per heavy atom. The van der Waals surface area contributed by atoms with Gasteiger partial charge in [-0.2, -0.15) is 5.10 Å². The van der Waals surface area contributed by atoms with E-state index in [0.29, 0.717) is 22.8 Å². The van der Waals surface area contributed by atoms with Gasteiger partial charge in [0, 0.05) is 18.2 Å². The zero-order chi connectivity index (χ0) is 20.6. The minimum atomic E-state index is -0.347. The second-order valence-corrected chi connectivity index (χ2v) is 6.08. The predicted octanol–water partition coefficient (Wildman–Crippen LogP) is 2.25. The molecule has 29 heavy (non-hydrogen) atoms. The van der Waals surface area contributed by atoms with E-state index in [1.807, 2.05) is 0 Å². The third kappa shape index (κ3) is 5.41. The Hall–Kier alpha value is -3.68. The first-order valence-electron chi connectivity index (χ1n) is 8.93. The monoisotopic (exact) mass is 397 g/mol. The Morgan fingerprint density at radius 1 is 1.07 bits per heavy atom. The Labute approximate surface area is 166 Å². The number of halogens is 1. The molecule has 1 amide bonds. The second kappa shape index (κ2) is 9.50. The third-order valence-electron chi connectivity index (χ3n) is 4.08. The van der Waals surface area contributed by atoms with Crippen LogP contribution in [0.5, 0.6) is 11.5 Å². The first-order valence-corrected chi connectivity index (χ1v) is 8.93. The molecule has 2 aromatic carbocycles. The van der Waals surface area contributed by atoms with Crippen LogP contribution < -0.4 is 20.3 Å². The first kappa shape index (κ1) is 20.1. The summed E-state index contributed by atoms with van der Waals surface area (Å²) in [4.78, 5) is 24.0. The van der Waals surface area contributed by atoms with E-state index in [1.165, 1.54) is 30.0 Å². The smallest absolute Gasteiger partial charge is 0.266 e. The summed E-state index contributed by atoms with van der Waals surface area (Å²) in [6.45, 7) is 0.209. The van der Waals surface area contributed by atoms with Crippen molar-refractivity contribution in [3.8, 4) is 22.8 Å². The zero-order valence-corrected chi connectivity index (χ0v) is 15.8. The van der Waals surface area contributed by atoms with Crippen molar-refractivity contribution in [1.82, 2.24) is 15.1 Å². The normalized spacial score (nSPS) is 10.4. The average Bonchev–Trinajstić information content (AvgIpc) is 2.74. The fourth-order valence-corrected chi connectivity index (χ4v) is 2.62. The van der Waals surface area contributed by atoms with Crippen molar-refractivity contribution in [1.29, 1.82) is 0 Å². The van der Waals surface area contributed by atoms with Crippen molar-refractivity contribution < 1.29 is 18.7 Å². The third-order valence-corrected chi connectivity index (χ3v) is 4.08. The Morgan fingerprint density at radius 2 is 1.79 bits per heavy atom. The molecular formula is C21H20FN3O4. The van der Waals surface area contributed by atoms with Gasteiger partial charge >= 0.3 is 0 Å². The van der Waals surface area contributed by atoms with E-state index in [1.54, 1.807) is 42.5 Å². The van der Waals surface area contributed by atoms with Gasteiger partial charge in [-0.3, -0.25) is 9.59 Å². The van der Waals surface area contributed by atoms with Crippen molar-refractivity contribution in [2.45, 2.75) is 6.54 Å². The lowest BCUT2D eigenvalue weighted by atomic mass is 10.1. The number of amides is 1. The van der Waals surface area contributed by atoms with Crippen LogP contribution in [0, 0.1) is 5.82 Å². The van der Waals surface area contributed by atoms with Crippen molar-refractivity contribution in [3.63, 3.8) is 0 Å². The number of aromatic nitrogens is 2. The highest BCUT2D eigenvalue weighted by molar-refractivity contribution is 5.77. The van der Waals surface area contributed by atoms with Gasteiger partial charge in [0.05, 0.1) is 19.3 Å². The highest BCUT2D eigenvalue weighted by Crippen LogP contribution is 2.25. The molecular weight excluding hydrogens is 377 g/mol. The van der Waals surface area contributed by atoms with Crippen LogP contribution in [-0.4, -0.2) is 35.9 Å². The lowest BCUT2D eigenvalue weighted by Crippen LogP contribution is -2.34. The minimum Gasteiger partial charge on any atom is -0.493 e. The van der Waals surface area contributed by atoms with Crippen LogP contribution >= 0.6 is 0 Å². The van der Waals surface area contributed by atoms with Gasteiger partial charge in [0.25, 0.3) is 11.5 Å². The van der Waals surface area contributed by atoms with E-state index in [0.717, 1.165) is 0 Å². The number of ether oxygens (including phenoxy) is 2. The topological polar surface area (TPSA) is 82.4 Å². The molecule has 1 aromatic heterocycles. The maximum absolute atomic E-state index is 13.1. The molecule has 1 heterocycles. The van der Waals surface area contributed by atoms with Crippen LogP contribution in [0.1, 0.15) is 0 Å². The Kier molecular flexibility index (Phi) is 6.57. The number of carbonyl (C=O) groups is 1. The van der Waals surface area contributed by atoms with Gasteiger partial charge in [-0.05, 0) is 42.5 Å². The van der Waals surface area contributed by atoms with Crippen LogP contribution in [0.25, 0.3) is 11.3 Å². The van der Waals surface area contributed by atoms with E-state index < -0.39 is 0 Å². The molecule has 8 heteroatoms. The van der Waals surface area contributed by atoms with E-state index in [-0.39, 0.29) is 37.0 Å². The van der Waals surface area contributed by atoms with Crippen LogP contribution in [0.4, 0.5) is 4.39 Å². The van der Waals surface area contributed by atoms with Crippen LogP contribution in [-0.2, 0) is 11.3 Å². The second-order valence-electron chi connectivity index (χ2n) is 6.08. The van der Waals surface area contributed by atoms with Gasteiger partial charge in [0.1, 0.15) is 5.82 Å². The molecule has 0 aliphatic rings. The molecule has 0 radical (unpaired) electrons. The number of carbonyl (C=O) groups excluding carboxylic acids is 1. The maximum Gasteiger partial charge on any atom is 0.266 e. The molecule has 7 nitrogen and oxygen atoms in total. The minimum absolute atomic E-state index is 0.182. The molecule has 3 aromatic rings. The molecule has 0 aliphatic heterocycles. The first-order chi connectivity index (χ1) is 14.1. The van der Waals surface area contributed by atoms with E-state index in [9.17, 15) is 14.0 Å². The molecule has 0 unspecified atom stereocenters. The standard InChI is InChI=1S/C21H20FN3O4/c1-28-18-4-2-3-5-19(18)29-14-20(26)23-12-13-25-21(27)11-10-17(24-25)15-6-8-16(22)9-7-15/h2-11H,12-14H2,1H3,(H,23,26). The van der Waals surface area contributed by atoms with Crippen LogP contribution in [0.3, 0.4) is 0 Å². The highest BCUT2D eigenvalue weighted by Gasteiger charge is 2.08. The number of methoxy groups -OCH3 is 1. The fraction of sp³-hybridized carbons (Fsp3) is 0.190. The maximum atomic E-state index is 13.1. The molecule has 3 rings (SSSR count). The summed E-state index contributed by atoms with van der Waals surface area (Å²) in [5.74, 6) is 0.322. The largest absolute Gasteiger partial charge is 0.493 e. The van der Waals surface area contributed by atoms with Gasteiger partial charge in [0.2, 0.25) is 0 Å². The summed E-state index contributed by atoms with van der Waals surface area (Å²) in [5.41, 5.74) is 0.931. The van der Waals surface area contributed by atoms with Gasteiger partial charge in [-0.1, -0.05) is 12.1 Å². The number of rotatable bonds is 8. The van der Waals surface area contributed by atoms with Gasteiger partial charge in [-0.25, -0.2) is 9.07 Å². The van der Waals surface area contributed by atoms with E-state index >= 15 is 0 Å². The molecule has 0 aliphatic carbocycles. The zero-order valence-electron chi connectivity index (χ0n) is 15.8. The fourth-order valence-electron chi connectivity index (χ4n) is 2.62. The number of hydrogen-bond donors (Lipinski definition) is 1. The summed E-state index contributed by atoms with van der Waals surface area (Å²) < 4.78 is 24.9. The van der Waals surface area contributed by atoms with Gasteiger partial charge in [0.15, 0.2) is 18.1 Å². The number of nitrogens with zero attached hydrogens (tertiary/aromatic N) is 2. The summed E-state index contributed by atoms with van der Waals surface area (Å²) >= 11 is 0. The lowest BCUT2D eigenvalue weighted by Gasteiger charge is -2.11. The average molecular weight is 397 g/mol. The number of hydrogen-bond acceptors (Lipinski definition) is 5. The lowest BCUT2D eigenvalue weighted by molar-refractivity contribution is -0.123. The number of nitrogens with one attached hydrogen (secondary N) is 1. The van der Waals surface area contributed by atoms with Crippen molar-refractivity contribution in [2.24, 2.45) is 0 Å². The molecule has 0 fully saturated rings.